The van der Waals surface area contributed by atoms with Crippen LogP contribution in [0.15, 0.2) is 48.5 Å². The third kappa shape index (κ3) is 7.00. The zero-order valence-corrected chi connectivity index (χ0v) is 19.8. The lowest BCUT2D eigenvalue weighted by Crippen LogP contribution is -2.15. The minimum Gasteiger partial charge on any atom is -0.0654 e. The molecular formula is C30H44. The summed E-state index contributed by atoms with van der Waals surface area (Å²) in [7, 11) is 0. The number of hydrogen-bond donors (Lipinski definition) is 0. The fourth-order valence-corrected chi connectivity index (χ4v) is 5.21. The molecule has 1 aliphatic rings. The van der Waals surface area contributed by atoms with Crippen LogP contribution in [0.25, 0.3) is 11.1 Å². The molecule has 0 saturated heterocycles. The van der Waals surface area contributed by atoms with Crippen LogP contribution in [0.4, 0.5) is 0 Å². The van der Waals surface area contributed by atoms with Gasteiger partial charge in [0.05, 0.1) is 0 Å². The summed E-state index contributed by atoms with van der Waals surface area (Å²) in [5, 5.41) is 0. The maximum Gasteiger partial charge on any atom is -0.0162 e. The molecule has 1 fully saturated rings. The molecule has 2 aromatic carbocycles. The van der Waals surface area contributed by atoms with Gasteiger partial charge in [0.25, 0.3) is 0 Å². The van der Waals surface area contributed by atoms with E-state index < -0.39 is 0 Å². The van der Waals surface area contributed by atoms with Crippen LogP contribution in [-0.2, 0) is 6.42 Å². The second-order valence-electron chi connectivity index (χ2n) is 9.95. The van der Waals surface area contributed by atoms with Crippen molar-refractivity contribution in [2.75, 3.05) is 0 Å². The molecule has 1 unspecified atom stereocenters. The Morgan fingerprint density at radius 3 is 1.93 bits per heavy atom. The first-order valence-electron chi connectivity index (χ1n) is 12.9. The van der Waals surface area contributed by atoms with E-state index in [1.54, 1.807) is 5.56 Å². The molecule has 3 rings (SSSR count). The zero-order valence-electron chi connectivity index (χ0n) is 19.8. The molecule has 0 amide bonds. The SMILES string of the molecule is CCCCCCCc1ccc(-c2ccc(C3CCC(CC(C)CC)CC3)cc2)cc1. The van der Waals surface area contributed by atoms with E-state index in [1.807, 2.05) is 0 Å². The fraction of sp³-hybridized carbons (Fsp3) is 0.600. The van der Waals surface area contributed by atoms with E-state index in [0.29, 0.717) is 0 Å². The average Bonchev–Trinajstić information content (AvgIpc) is 2.80. The van der Waals surface area contributed by atoms with Gasteiger partial charge >= 0.3 is 0 Å². The maximum atomic E-state index is 2.42. The number of hydrogen-bond acceptors (Lipinski definition) is 0. The Balaban J connectivity index is 1.48. The van der Waals surface area contributed by atoms with Gasteiger partial charge < -0.3 is 0 Å². The van der Waals surface area contributed by atoms with Crippen molar-refractivity contribution >= 4 is 0 Å². The Morgan fingerprint density at radius 1 is 0.733 bits per heavy atom. The third-order valence-corrected chi connectivity index (χ3v) is 7.52. The summed E-state index contributed by atoms with van der Waals surface area (Å²) in [4.78, 5) is 0. The lowest BCUT2D eigenvalue weighted by molar-refractivity contribution is 0.273. The molecule has 1 saturated carbocycles. The average molecular weight is 405 g/mol. The van der Waals surface area contributed by atoms with E-state index in [1.165, 1.54) is 93.7 Å². The van der Waals surface area contributed by atoms with Gasteiger partial charge in [0, 0.05) is 0 Å². The maximum absolute atomic E-state index is 2.42. The van der Waals surface area contributed by atoms with E-state index >= 15 is 0 Å². The highest BCUT2D eigenvalue weighted by Gasteiger charge is 2.23. The Bertz CT molecular complexity index is 701. The highest BCUT2D eigenvalue weighted by Crippen LogP contribution is 2.39. The van der Waals surface area contributed by atoms with Crippen LogP contribution in [0.5, 0.6) is 0 Å². The predicted octanol–water partition coefficient (Wildman–Crippen LogP) is 9.58. The molecule has 0 spiro atoms. The van der Waals surface area contributed by atoms with Crippen molar-refractivity contribution in [3.63, 3.8) is 0 Å². The number of rotatable bonds is 11. The van der Waals surface area contributed by atoms with Gasteiger partial charge in [-0.3, -0.25) is 0 Å². The summed E-state index contributed by atoms with van der Waals surface area (Å²) >= 11 is 0. The normalized spacial score (nSPS) is 20.2. The molecule has 2 aromatic rings. The van der Waals surface area contributed by atoms with Crippen LogP contribution < -0.4 is 0 Å². The Morgan fingerprint density at radius 2 is 1.33 bits per heavy atom. The predicted molar refractivity (Wildman–Crippen MR) is 133 cm³/mol. The van der Waals surface area contributed by atoms with E-state index in [2.05, 4.69) is 69.3 Å². The highest BCUT2D eigenvalue weighted by atomic mass is 14.3. The Kier molecular flexibility index (Phi) is 9.50. The molecule has 30 heavy (non-hydrogen) atoms. The second kappa shape index (κ2) is 12.3. The lowest BCUT2D eigenvalue weighted by atomic mass is 9.75. The van der Waals surface area contributed by atoms with Crippen LogP contribution in [0.2, 0.25) is 0 Å². The Labute approximate surface area is 186 Å². The molecule has 1 aliphatic carbocycles. The van der Waals surface area contributed by atoms with Crippen LogP contribution >= 0.6 is 0 Å². The summed E-state index contributed by atoms with van der Waals surface area (Å²) in [6.07, 6.45) is 16.4. The molecule has 164 valence electrons. The van der Waals surface area contributed by atoms with Gasteiger partial charge in [-0.05, 0) is 85.0 Å². The van der Waals surface area contributed by atoms with E-state index in [9.17, 15) is 0 Å². The minimum atomic E-state index is 0.780. The van der Waals surface area contributed by atoms with Crippen molar-refractivity contribution in [2.45, 2.75) is 104 Å². The molecular weight excluding hydrogens is 360 g/mol. The summed E-state index contributed by atoms with van der Waals surface area (Å²) < 4.78 is 0. The summed E-state index contributed by atoms with van der Waals surface area (Å²) in [6, 6.07) is 18.8. The fourth-order valence-electron chi connectivity index (χ4n) is 5.21. The zero-order chi connectivity index (χ0) is 21.2. The van der Waals surface area contributed by atoms with Gasteiger partial charge in [0.2, 0.25) is 0 Å². The third-order valence-electron chi connectivity index (χ3n) is 7.52. The van der Waals surface area contributed by atoms with E-state index in [4.69, 9.17) is 0 Å². The smallest absolute Gasteiger partial charge is 0.0162 e. The lowest BCUT2D eigenvalue weighted by Gasteiger charge is -2.30. The van der Waals surface area contributed by atoms with Gasteiger partial charge in [-0.15, -0.1) is 0 Å². The highest BCUT2D eigenvalue weighted by molar-refractivity contribution is 5.64. The molecule has 0 N–H and O–H groups in total. The molecule has 0 nitrogen and oxygen atoms in total. The molecule has 0 heterocycles. The van der Waals surface area contributed by atoms with Crippen LogP contribution in [0, 0.1) is 11.8 Å². The first kappa shape index (κ1) is 23.1. The second-order valence-corrected chi connectivity index (χ2v) is 9.95. The van der Waals surface area contributed by atoms with Crippen molar-refractivity contribution in [1.29, 1.82) is 0 Å². The van der Waals surface area contributed by atoms with Crippen molar-refractivity contribution < 1.29 is 0 Å². The minimum absolute atomic E-state index is 0.780. The van der Waals surface area contributed by atoms with Crippen molar-refractivity contribution in [1.82, 2.24) is 0 Å². The number of unbranched alkanes of at least 4 members (excludes halogenated alkanes) is 4. The number of benzene rings is 2. The van der Waals surface area contributed by atoms with Gasteiger partial charge in [0.15, 0.2) is 0 Å². The molecule has 0 radical (unpaired) electrons. The quantitative estimate of drug-likeness (QED) is 0.327. The van der Waals surface area contributed by atoms with Gasteiger partial charge in [-0.2, -0.15) is 0 Å². The standard InChI is InChI=1S/C30H44/c1-4-6-7-8-9-10-25-11-15-27(16-12-25)29-19-21-30(22-20-29)28-17-13-26(14-18-28)23-24(3)5-2/h11-12,15-16,19-22,24,26,28H,4-10,13-14,17-18,23H2,1-3H3. The monoisotopic (exact) mass is 404 g/mol. The van der Waals surface area contributed by atoms with Crippen molar-refractivity contribution in [3.05, 3.63) is 59.7 Å². The van der Waals surface area contributed by atoms with Crippen LogP contribution in [0.1, 0.15) is 108 Å². The molecule has 0 aliphatic heterocycles. The van der Waals surface area contributed by atoms with Gasteiger partial charge in [-0.25, -0.2) is 0 Å². The first-order chi connectivity index (χ1) is 14.7. The van der Waals surface area contributed by atoms with Crippen molar-refractivity contribution in [2.24, 2.45) is 11.8 Å². The van der Waals surface area contributed by atoms with E-state index in [0.717, 1.165) is 17.8 Å². The van der Waals surface area contributed by atoms with Crippen LogP contribution in [-0.4, -0.2) is 0 Å². The topological polar surface area (TPSA) is 0 Å². The summed E-state index contributed by atoms with van der Waals surface area (Å²) in [5.74, 6) is 2.65. The van der Waals surface area contributed by atoms with Crippen LogP contribution in [0.3, 0.4) is 0 Å². The van der Waals surface area contributed by atoms with Gasteiger partial charge in [0.1, 0.15) is 0 Å². The summed E-state index contributed by atoms with van der Waals surface area (Å²) in [6.45, 7) is 7.04. The Hall–Kier alpha value is -1.56. The molecule has 0 bridgehead atoms. The summed E-state index contributed by atoms with van der Waals surface area (Å²) in [5.41, 5.74) is 5.76. The molecule has 1 atom stereocenters. The first-order valence-corrected chi connectivity index (χ1v) is 12.9. The number of aryl methyl sites for hydroxylation is 1. The van der Waals surface area contributed by atoms with Crippen molar-refractivity contribution in [3.8, 4) is 11.1 Å². The van der Waals surface area contributed by atoms with Gasteiger partial charge in [-0.1, -0.05) is 101 Å². The molecule has 0 aromatic heterocycles. The molecule has 0 heteroatoms. The largest absolute Gasteiger partial charge is 0.0654 e. The van der Waals surface area contributed by atoms with E-state index in [-0.39, 0.29) is 0 Å².